The molecule has 1 unspecified atom stereocenters. The van der Waals surface area contributed by atoms with Crippen LogP contribution in [0, 0.1) is 5.92 Å². The van der Waals surface area contributed by atoms with Gasteiger partial charge in [-0.3, -0.25) is 14.4 Å². The van der Waals surface area contributed by atoms with E-state index < -0.39 is 5.60 Å². The molecule has 42 heavy (non-hydrogen) atoms. The Morgan fingerprint density at radius 2 is 1.26 bits per heavy atom. The van der Waals surface area contributed by atoms with E-state index >= 15 is 0 Å². The van der Waals surface area contributed by atoms with Gasteiger partial charge in [0.05, 0.1) is 36.8 Å². The van der Waals surface area contributed by atoms with Crippen molar-refractivity contribution in [3.05, 3.63) is 68.6 Å². The maximum atomic E-state index is 12.8. The highest BCUT2D eigenvalue weighted by atomic mass is 79.9. The summed E-state index contributed by atoms with van der Waals surface area (Å²) in [6.45, 7) is 1.24. The highest BCUT2D eigenvalue weighted by Crippen LogP contribution is 2.48. The zero-order valence-electron chi connectivity index (χ0n) is 23.4. The Morgan fingerprint density at radius 3 is 1.74 bits per heavy atom. The first-order chi connectivity index (χ1) is 20.2. The van der Waals surface area contributed by atoms with E-state index in [4.69, 9.17) is 9.47 Å². The van der Waals surface area contributed by atoms with Crippen LogP contribution in [0.3, 0.4) is 0 Å². The molecule has 0 radical (unpaired) electrons. The van der Waals surface area contributed by atoms with Crippen molar-refractivity contribution in [2.45, 2.75) is 87.9 Å². The number of Topliss-reactive ketones (excluding diaryl/α,β-unsaturated/α-hetero) is 1. The molecule has 6 aliphatic rings. The molecule has 8 nitrogen and oxygen atoms in total. The fourth-order valence-electron chi connectivity index (χ4n) is 6.54. The highest BCUT2D eigenvalue weighted by Gasteiger charge is 2.56. The number of halogens is 2. The highest BCUT2D eigenvalue weighted by molar-refractivity contribution is 9.10. The van der Waals surface area contributed by atoms with Crippen LogP contribution in [-0.4, -0.2) is 63.4 Å². The van der Waals surface area contributed by atoms with Gasteiger partial charge in [-0.2, -0.15) is 0 Å². The molecule has 0 aromatic heterocycles. The number of nitrogens with zero attached hydrogens (tertiary/aromatic N) is 2. The molecule has 8 rings (SSSR count). The summed E-state index contributed by atoms with van der Waals surface area (Å²) in [5.74, 6) is 0.478. The van der Waals surface area contributed by atoms with E-state index in [1.165, 1.54) is 0 Å². The van der Waals surface area contributed by atoms with Crippen molar-refractivity contribution in [3.8, 4) is 0 Å². The summed E-state index contributed by atoms with van der Waals surface area (Å²) in [6, 6.07) is 16.3. The number of rotatable bonds is 3. The molecule has 224 valence electrons. The monoisotopic (exact) mass is 702 g/mol. The van der Waals surface area contributed by atoms with E-state index in [1.807, 2.05) is 58.3 Å². The van der Waals surface area contributed by atoms with Crippen LogP contribution in [0.25, 0.3) is 0 Å². The van der Waals surface area contributed by atoms with Crippen LogP contribution >= 0.6 is 31.9 Å². The standard InChI is InChI=1S/C16H18BrNO3.C12H12BrNO2.C4H6O/c17-11-4-2-10(3-5-11)15-18-12(9-21-15)8-13(14(18)19)16(20)6-1-7-16;13-9-3-1-8(2-4-9)12-14-10(7-16-12)5-6-11(14)15;5-4-2-1-3-4/h2-5,12-13,15,20H,1,6-9H2;1-4,10,12H,5-7H2;1-3H2/t12-,13?,15+;10-,12+;/m00./s1. The molecule has 4 saturated heterocycles. The van der Waals surface area contributed by atoms with E-state index in [2.05, 4.69) is 31.9 Å². The van der Waals surface area contributed by atoms with Gasteiger partial charge in [-0.15, -0.1) is 0 Å². The summed E-state index contributed by atoms with van der Waals surface area (Å²) in [4.78, 5) is 38.1. The first-order valence-corrected chi connectivity index (χ1v) is 16.4. The van der Waals surface area contributed by atoms with E-state index in [0.29, 0.717) is 31.5 Å². The molecule has 5 atom stereocenters. The lowest BCUT2D eigenvalue weighted by Gasteiger charge is -2.41. The number of fused-ring (bicyclic) bond motifs is 2. The Kier molecular flexibility index (Phi) is 8.90. The molecule has 0 bridgehead atoms. The number of ketones is 1. The van der Waals surface area contributed by atoms with Crippen molar-refractivity contribution < 1.29 is 29.0 Å². The van der Waals surface area contributed by atoms with E-state index in [-0.39, 0.29) is 36.2 Å². The molecule has 10 heteroatoms. The summed E-state index contributed by atoms with van der Waals surface area (Å²) in [6.07, 6.45) is 7.23. The summed E-state index contributed by atoms with van der Waals surface area (Å²) in [5.41, 5.74) is 1.29. The van der Waals surface area contributed by atoms with Crippen molar-refractivity contribution in [2.24, 2.45) is 5.92 Å². The average molecular weight is 704 g/mol. The van der Waals surface area contributed by atoms with Gasteiger partial charge in [0.15, 0.2) is 12.5 Å². The Hall–Kier alpha value is -2.11. The molecule has 0 spiro atoms. The van der Waals surface area contributed by atoms with Crippen LogP contribution in [0.4, 0.5) is 0 Å². The zero-order chi connectivity index (χ0) is 29.4. The van der Waals surface area contributed by atoms with E-state index in [9.17, 15) is 19.5 Å². The minimum absolute atomic E-state index is 0.0626. The molecule has 4 heterocycles. The van der Waals surface area contributed by atoms with Crippen molar-refractivity contribution in [3.63, 3.8) is 0 Å². The lowest BCUT2D eigenvalue weighted by atomic mass is 9.70. The van der Waals surface area contributed by atoms with Gasteiger partial charge >= 0.3 is 0 Å². The minimum atomic E-state index is -0.758. The number of carbonyl (C=O) groups is 3. The van der Waals surface area contributed by atoms with Gasteiger partial charge in [-0.1, -0.05) is 56.1 Å². The number of aliphatic hydroxyl groups is 1. The summed E-state index contributed by atoms with van der Waals surface area (Å²) < 4.78 is 13.6. The zero-order valence-corrected chi connectivity index (χ0v) is 26.6. The number of ether oxygens (including phenoxy) is 2. The molecule has 2 amide bonds. The van der Waals surface area contributed by atoms with Gasteiger partial charge in [-0.05, 0) is 62.8 Å². The summed E-state index contributed by atoms with van der Waals surface area (Å²) in [7, 11) is 0. The molecule has 1 N–H and O–H groups in total. The van der Waals surface area contributed by atoms with Gasteiger partial charge in [0, 0.05) is 39.3 Å². The van der Waals surface area contributed by atoms with Crippen LogP contribution in [-0.2, 0) is 23.9 Å². The Balaban J connectivity index is 0.000000132. The number of hydrogen-bond donors (Lipinski definition) is 1. The van der Waals surface area contributed by atoms with Crippen LogP contribution < -0.4 is 0 Å². The third kappa shape index (κ3) is 5.98. The summed E-state index contributed by atoms with van der Waals surface area (Å²) in [5, 5.41) is 10.5. The number of benzene rings is 2. The molecule has 2 aliphatic carbocycles. The van der Waals surface area contributed by atoms with Gasteiger partial charge in [0.1, 0.15) is 5.78 Å². The topological polar surface area (TPSA) is 96.4 Å². The van der Waals surface area contributed by atoms with Gasteiger partial charge in [-0.25, -0.2) is 0 Å². The fourth-order valence-corrected chi connectivity index (χ4v) is 7.07. The van der Waals surface area contributed by atoms with Crippen LogP contribution in [0.5, 0.6) is 0 Å². The number of hydrogen-bond acceptors (Lipinski definition) is 6. The first-order valence-electron chi connectivity index (χ1n) is 14.8. The maximum Gasteiger partial charge on any atom is 0.231 e. The molecule has 4 aliphatic heterocycles. The molecule has 6 fully saturated rings. The first kappa shape index (κ1) is 29.9. The molecular formula is C32H36Br2N2O6. The average Bonchev–Trinajstić information content (AvgIpc) is 3.72. The third-order valence-corrected chi connectivity index (χ3v) is 10.4. The number of carbonyl (C=O) groups excluding carboxylic acids is 3. The second-order valence-electron chi connectivity index (χ2n) is 12.0. The van der Waals surface area contributed by atoms with Crippen molar-refractivity contribution in [1.29, 1.82) is 0 Å². The Labute approximate surface area is 263 Å². The third-order valence-electron chi connectivity index (χ3n) is 9.31. The quantitative estimate of drug-likeness (QED) is 0.433. The largest absolute Gasteiger partial charge is 0.389 e. The smallest absolute Gasteiger partial charge is 0.231 e. The van der Waals surface area contributed by atoms with Crippen molar-refractivity contribution >= 4 is 49.5 Å². The van der Waals surface area contributed by atoms with Gasteiger partial charge in [0.25, 0.3) is 0 Å². The lowest BCUT2D eigenvalue weighted by Crippen LogP contribution is -2.48. The van der Waals surface area contributed by atoms with Gasteiger partial charge < -0.3 is 24.4 Å². The predicted molar refractivity (Wildman–Crippen MR) is 162 cm³/mol. The van der Waals surface area contributed by atoms with E-state index in [0.717, 1.165) is 71.4 Å². The Bertz CT molecular complexity index is 1310. The van der Waals surface area contributed by atoms with Crippen LogP contribution in [0.15, 0.2) is 57.5 Å². The molecule has 2 aromatic rings. The normalized spacial score (nSPS) is 30.5. The molecule has 2 aromatic carbocycles. The summed E-state index contributed by atoms with van der Waals surface area (Å²) >= 11 is 6.82. The lowest BCUT2D eigenvalue weighted by molar-refractivity contribution is -0.151. The fraction of sp³-hybridized carbons (Fsp3) is 0.531. The molecule has 2 saturated carbocycles. The SMILES string of the molecule is O=C1C(C2(O)CCC2)C[C@H]2CO[C@H](c3ccc(Br)cc3)N12.O=C1CCC1.O=C1CC[C@H]2CO[C@H](c3ccc(Br)cc3)N12. The van der Waals surface area contributed by atoms with Gasteiger partial charge in [0.2, 0.25) is 11.8 Å². The van der Waals surface area contributed by atoms with E-state index in [1.54, 1.807) is 0 Å². The molecular weight excluding hydrogens is 668 g/mol. The van der Waals surface area contributed by atoms with Crippen molar-refractivity contribution in [1.82, 2.24) is 9.80 Å². The maximum absolute atomic E-state index is 12.8. The minimum Gasteiger partial charge on any atom is -0.389 e. The second kappa shape index (κ2) is 12.5. The van der Waals surface area contributed by atoms with Crippen LogP contribution in [0.1, 0.15) is 81.4 Å². The van der Waals surface area contributed by atoms with Crippen molar-refractivity contribution in [2.75, 3.05) is 13.2 Å². The van der Waals surface area contributed by atoms with Crippen LogP contribution in [0.2, 0.25) is 0 Å². The number of amides is 2. The second-order valence-corrected chi connectivity index (χ2v) is 13.8. The Morgan fingerprint density at radius 1 is 0.738 bits per heavy atom. The predicted octanol–water partition coefficient (Wildman–Crippen LogP) is 5.82.